The molecule has 0 radical (unpaired) electrons. The second-order valence-electron chi connectivity index (χ2n) is 6.85. The number of likely N-dealkylation sites (N-methyl/N-ethyl adjacent to an activating group) is 1. The normalized spacial score (nSPS) is 15.5. The fourth-order valence-electron chi connectivity index (χ4n) is 3.00. The minimum absolute atomic E-state index is 0.0751. The molecule has 0 spiro atoms. The van der Waals surface area contributed by atoms with E-state index in [1.165, 1.54) is 5.56 Å². The van der Waals surface area contributed by atoms with Crippen LogP contribution in [0.1, 0.15) is 12.0 Å². The zero-order chi connectivity index (χ0) is 19.1. The van der Waals surface area contributed by atoms with Crippen LogP contribution >= 0.6 is 11.6 Å². The van der Waals surface area contributed by atoms with Gasteiger partial charge in [-0.1, -0.05) is 35.9 Å². The number of hydrogen-bond donors (Lipinski definition) is 1. The summed E-state index contributed by atoms with van der Waals surface area (Å²) in [5.74, 6) is 0.522. The van der Waals surface area contributed by atoms with E-state index >= 15 is 0 Å². The fraction of sp³-hybridized carbons (Fsp3) is 0.381. The van der Waals surface area contributed by atoms with Gasteiger partial charge in [0.25, 0.3) is 0 Å². The molecular weight excluding hydrogens is 362 g/mol. The van der Waals surface area contributed by atoms with Gasteiger partial charge in [0.15, 0.2) is 0 Å². The van der Waals surface area contributed by atoms with Crippen LogP contribution in [0.15, 0.2) is 48.5 Å². The van der Waals surface area contributed by atoms with Crippen molar-refractivity contribution in [2.45, 2.75) is 13.0 Å². The number of halogens is 1. The first-order valence-electron chi connectivity index (χ1n) is 9.27. The third-order valence-corrected chi connectivity index (χ3v) is 4.98. The van der Waals surface area contributed by atoms with Gasteiger partial charge in [-0.2, -0.15) is 0 Å². The molecule has 0 aliphatic carbocycles. The van der Waals surface area contributed by atoms with Crippen LogP contribution in [0.5, 0.6) is 5.75 Å². The van der Waals surface area contributed by atoms with Crippen LogP contribution in [0.2, 0.25) is 5.02 Å². The lowest BCUT2D eigenvalue weighted by Crippen LogP contribution is -2.43. The lowest BCUT2D eigenvalue weighted by molar-refractivity contribution is -0.116. The second-order valence-corrected chi connectivity index (χ2v) is 7.26. The monoisotopic (exact) mass is 387 g/mol. The van der Waals surface area contributed by atoms with Crippen molar-refractivity contribution in [3.8, 4) is 5.75 Å². The first-order valence-corrected chi connectivity index (χ1v) is 9.65. The van der Waals surface area contributed by atoms with E-state index in [0.29, 0.717) is 10.8 Å². The Bertz CT molecular complexity index is 743. The fourth-order valence-corrected chi connectivity index (χ4v) is 3.19. The van der Waals surface area contributed by atoms with Crippen LogP contribution in [0, 0.1) is 0 Å². The van der Waals surface area contributed by atoms with Crippen LogP contribution in [0.4, 0.5) is 5.69 Å². The summed E-state index contributed by atoms with van der Waals surface area (Å²) in [6, 6.07) is 15.3. The number of carbonyl (C=O) groups excluding carboxylic acids is 1. The Hall–Kier alpha value is -2.08. The third kappa shape index (κ3) is 6.24. The minimum atomic E-state index is -0.0751. The Morgan fingerprint density at radius 3 is 2.48 bits per heavy atom. The number of hydrogen-bond acceptors (Lipinski definition) is 4. The molecular formula is C21H26ClN3O2. The maximum Gasteiger partial charge on any atom is 0.227 e. The zero-order valence-corrected chi connectivity index (χ0v) is 16.4. The molecule has 1 amide bonds. The van der Waals surface area contributed by atoms with Crippen LogP contribution in [-0.4, -0.2) is 55.5 Å². The first-order chi connectivity index (χ1) is 13.1. The van der Waals surface area contributed by atoms with Crippen LogP contribution in [0.25, 0.3) is 0 Å². The second kappa shape index (κ2) is 9.74. The highest BCUT2D eigenvalue weighted by atomic mass is 35.5. The number of ether oxygens (including phenoxy) is 1. The number of nitrogens with zero attached hydrogens (tertiary/aromatic N) is 2. The molecule has 1 aliphatic rings. The van der Waals surface area contributed by atoms with E-state index in [0.717, 1.165) is 38.4 Å². The summed E-state index contributed by atoms with van der Waals surface area (Å²) in [6.45, 7) is 5.67. The van der Waals surface area contributed by atoms with Crippen LogP contribution < -0.4 is 10.1 Å². The van der Waals surface area contributed by atoms with E-state index in [2.05, 4.69) is 34.3 Å². The molecule has 1 fully saturated rings. The number of carbonyl (C=O) groups is 1. The van der Waals surface area contributed by atoms with Gasteiger partial charge in [0.05, 0.1) is 18.1 Å². The molecule has 5 nitrogen and oxygen atoms in total. The average Bonchev–Trinajstić information content (AvgIpc) is 2.67. The highest BCUT2D eigenvalue weighted by molar-refractivity contribution is 6.32. The van der Waals surface area contributed by atoms with Gasteiger partial charge in [0.1, 0.15) is 5.75 Å². The lowest BCUT2D eigenvalue weighted by atomic mass is 10.1. The quantitative estimate of drug-likeness (QED) is 0.789. The summed E-state index contributed by atoms with van der Waals surface area (Å²) in [4.78, 5) is 16.9. The molecule has 2 aromatic rings. The van der Waals surface area contributed by atoms with Crippen molar-refractivity contribution in [1.82, 2.24) is 9.80 Å². The molecule has 1 aliphatic heterocycles. The Kier molecular flexibility index (Phi) is 7.10. The maximum absolute atomic E-state index is 12.1. The molecule has 6 heteroatoms. The van der Waals surface area contributed by atoms with Gasteiger partial charge in [-0.3, -0.25) is 9.69 Å². The van der Waals surface area contributed by atoms with Gasteiger partial charge < -0.3 is 15.0 Å². The molecule has 1 heterocycles. The lowest BCUT2D eigenvalue weighted by Gasteiger charge is -2.32. The van der Waals surface area contributed by atoms with E-state index in [4.69, 9.17) is 16.3 Å². The molecule has 1 N–H and O–H groups in total. The Morgan fingerprint density at radius 2 is 1.78 bits per heavy atom. The van der Waals surface area contributed by atoms with Crippen molar-refractivity contribution in [3.05, 3.63) is 59.1 Å². The van der Waals surface area contributed by atoms with Gasteiger partial charge in [0.2, 0.25) is 5.91 Å². The smallest absolute Gasteiger partial charge is 0.227 e. The van der Waals surface area contributed by atoms with E-state index in [1.807, 2.05) is 24.3 Å². The number of nitrogens with one attached hydrogen (secondary N) is 1. The molecule has 0 aromatic heterocycles. The number of rotatable bonds is 7. The van der Waals surface area contributed by atoms with Gasteiger partial charge in [-0.25, -0.2) is 0 Å². The molecule has 0 atom stereocenters. The topological polar surface area (TPSA) is 44.8 Å². The summed E-state index contributed by atoms with van der Waals surface area (Å²) in [5, 5.41) is 3.46. The van der Waals surface area contributed by atoms with Gasteiger partial charge in [0, 0.05) is 38.4 Å². The van der Waals surface area contributed by atoms with E-state index < -0.39 is 0 Å². The Labute approximate surface area is 165 Å². The summed E-state index contributed by atoms with van der Waals surface area (Å²) >= 11 is 6.03. The predicted molar refractivity (Wildman–Crippen MR) is 109 cm³/mol. The maximum atomic E-state index is 12.1. The van der Waals surface area contributed by atoms with Crippen LogP contribution in [0.3, 0.4) is 0 Å². The van der Waals surface area contributed by atoms with E-state index in [9.17, 15) is 4.79 Å². The van der Waals surface area contributed by atoms with Crippen molar-refractivity contribution in [2.24, 2.45) is 0 Å². The number of piperazine rings is 1. The Balaban J connectivity index is 1.41. The average molecular weight is 388 g/mol. The van der Waals surface area contributed by atoms with Gasteiger partial charge >= 0.3 is 0 Å². The molecule has 0 bridgehead atoms. The molecule has 0 unspecified atom stereocenters. The third-order valence-electron chi connectivity index (χ3n) is 4.66. The first kappa shape index (κ1) is 19.7. The zero-order valence-electron chi connectivity index (χ0n) is 15.7. The highest BCUT2D eigenvalue weighted by Gasteiger charge is 2.13. The van der Waals surface area contributed by atoms with Crippen molar-refractivity contribution >= 4 is 23.2 Å². The Morgan fingerprint density at radius 1 is 1.07 bits per heavy atom. The highest BCUT2D eigenvalue weighted by Crippen LogP contribution is 2.23. The minimum Gasteiger partial charge on any atom is -0.491 e. The SMILES string of the molecule is CN1CCN(Cc2ccc(NC(=O)CCOc3ccccc3Cl)cc2)CC1. The van der Waals surface area contributed by atoms with Gasteiger partial charge in [-0.15, -0.1) is 0 Å². The molecule has 27 heavy (non-hydrogen) atoms. The van der Waals surface area contributed by atoms with Crippen LogP contribution in [-0.2, 0) is 11.3 Å². The van der Waals surface area contributed by atoms with Crippen molar-refractivity contribution < 1.29 is 9.53 Å². The summed E-state index contributed by atoms with van der Waals surface area (Å²) in [5.41, 5.74) is 2.07. The predicted octanol–water partition coefficient (Wildman–Crippen LogP) is 3.50. The largest absolute Gasteiger partial charge is 0.491 e. The number of anilines is 1. The van der Waals surface area contributed by atoms with Crippen molar-refractivity contribution in [1.29, 1.82) is 0 Å². The number of benzene rings is 2. The molecule has 1 saturated heterocycles. The number of para-hydroxylation sites is 1. The van der Waals surface area contributed by atoms with E-state index in [1.54, 1.807) is 12.1 Å². The standard InChI is InChI=1S/C21H26ClN3O2/c1-24-11-13-25(14-12-24)16-17-6-8-18(9-7-17)23-21(26)10-15-27-20-5-3-2-4-19(20)22/h2-9H,10-16H2,1H3,(H,23,26). The van der Waals surface area contributed by atoms with Crippen molar-refractivity contribution in [2.75, 3.05) is 45.2 Å². The molecule has 3 rings (SSSR count). The summed E-state index contributed by atoms with van der Waals surface area (Å²) in [6.07, 6.45) is 0.272. The summed E-state index contributed by atoms with van der Waals surface area (Å²) < 4.78 is 5.55. The van der Waals surface area contributed by atoms with Gasteiger partial charge in [-0.05, 0) is 36.9 Å². The van der Waals surface area contributed by atoms with E-state index in [-0.39, 0.29) is 18.9 Å². The summed E-state index contributed by atoms with van der Waals surface area (Å²) in [7, 11) is 2.16. The molecule has 0 saturated carbocycles. The molecule has 144 valence electrons. The number of amides is 1. The van der Waals surface area contributed by atoms with Crippen molar-refractivity contribution in [3.63, 3.8) is 0 Å². The molecule has 2 aromatic carbocycles.